The smallest absolute Gasteiger partial charge is 0.253 e. The van der Waals surface area contributed by atoms with E-state index in [-0.39, 0.29) is 23.7 Å². The zero-order chi connectivity index (χ0) is 19.1. The molecule has 1 saturated heterocycles. The number of methoxy groups -OCH3 is 1. The molecule has 27 heavy (non-hydrogen) atoms. The van der Waals surface area contributed by atoms with E-state index in [2.05, 4.69) is 17.4 Å². The number of nitrogens with one attached hydrogen (secondary N) is 1. The summed E-state index contributed by atoms with van der Waals surface area (Å²) in [6, 6.07) is 19.4. The molecule has 1 heterocycles. The van der Waals surface area contributed by atoms with Crippen molar-refractivity contribution in [3.8, 4) is 0 Å². The van der Waals surface area contributed by atoms with Crippen molar-refractivity contribution in [2.45, 2.75) is 12.3 Å². The number of piperidine rings is 1. The Morgan fingerprint density at radius 3 is 2.37 bits per heavy atom. The van der Waals surface area contributed by atoms with Crippen LogP contribution in [0.1, 0.15) is 28.3 Å². The zero-order valence-electron chi connectivity index (χ0n) is 15.6. The maximum Gasteiger partial charge on any atom is 0.253 e. The first-order valence-electron chi connectivity index (χ1n) is 9.35. The lowest BCUT2D eigenvalue weighted by Crippen LogP contribution is -2.48. The molecule has 5 heteroatoms. The third-order valence-corrected chi connectivity index (χ3v) is 5.01. The normalized spacial score (nSPS) is 19.5. The summed E-state index contributed by atoms with van der Waals surface area (Å²) < 4.78 is 5.01. The van der Waals surface area contributed by atoms with E-state index in [1.54, 1.807) is 7.11 Å². The van der Waals surface area contributed by atoms with Crippen molar-refractivity contribution in [1.29, 1.82) is 0 Å². The highest BCUT2D eigenvalue weighted by Crippen LogP contribution is 2.31. The molecule has 1 N–H and O–H groups in total. The molecule has 0 spiro atoms. The number of likely N-dealkylation sites (tertiary alicyclic amines) is 1. The number of ether oxygens (including phenoxy) is 1. The predicted octanol–water partition coefficient (Wildman–Crippen LogP) is 2.70. The van der Waals surface area contributed by atoms with E-state index in [1.165, 1.54) is 0 Å². The minimum absolute atomic E-state index is 0.0152. The van der Waals surface area contributed by atoms with Crippen molar-refractivity contribution < 1.29 is 14.3 Å². The van der Waals surface area contributed by atoms with E-state index in [0.717, 1.165) is 12.0 Å². The van der Waals surface area contributed by atoms with Crippen molar-refractivity contribution in [1.82, 2.24) is 10.2 Å². The van der Waals surface area contributed by atoms with Crippen molar-refractivity contribution >= 4 is 11.8 Å². The fourth-order valence-electron chi connectivity index (χ4n) is 3.61. The number of amides is 2. The molecular weight excluding hydrogens is 340 g/mol. The quantitative estimate of drug-likeness (QED) is 0.800. The molecule has 2 atom stereocenters. The molecule has 3 rings (SSSR count). The molecule has 2 amide bonds. The molecule has 1 aliphatic heterocycles. The van der Waals surface area contributed by atoms with E-state index in [4.69, 9.17) is 4.74 Å². The van der Waals surface area contributed by atoms with E-state index < -0.39 is 0 Å². The standard InChI is InChI=1S/C22H26N2O3/c1-27-13-12-23-21(25)20-14-19(17-8-4-2-5-9-17)15-24(16-20)22(26)18-10-6-3-7-11-18/h2-11,19-20H,12-16H2,1H3,(H,23,25)/t19-,20+/m1/s1. The van der Waals surface area contributed by atoms with E-state index >= 15 is 0 Å². The lowest BCUT2D eigenvalue weighted by molar-refractivity contribution is -0.126. The first-order chi connectivity index (χ1) is 13.2. The highest BCUT2D eigenvalue weighted by Gasteiger charge is 2.34. The van der Waals surface area contributed by atoms with Crippen LogP contribution in [0.4, 0.5) is 0 Å². The van der Waals surface area contributed by atoms with Gasteiger partial charge in [-0.15, -0.1) is 0 Å². The lowest BCUT2D eigenvalue weighted by atomic mass is 9.83. The fraction of sp³-hybridized carbons (Fsp3) is 0.364. The molecule has 0 aromatic heterocycles. The van der Waals surface area contributed by atoms with Gasteiger partial charge >= 0.3 is 0 Å². The molecule has 0 unspecified atom stereocenters. The lowest BCUT2D eigenvalue weighted by Gasteiger charge is -2.37. The average molecular weight is 366 g/mol. The first-order valence-corrected chi connectivity index (χ1v) is 9.35. The number of nitrogens with zero attached hydrogens (tertiary/aromatic N) is 1. The monoisotopic (exact) mass is 366 g/mol. The van der Waals surface area contributed by atoms with Crippen molar-refractivity contribution in [2.75, 3.05) is 33.4 Å². The Labute approximate surface area is 160 Å². The van der Waals surface area contributed by atoms with Gasteiger partial charge < -0.3 is 15.0 Å². The molecule has 2 aromatic carbocycles. The number of carbonyl (C=O) groups is 2. The number of rotatable bonds is 6. The van der Waals surface area contributed by atoms with E-state index in [9.17, 15) is 9.59 Å². The number of hydrogen-bond donors (Lipinski definition) is 1. The maximum atomic E-state index is 13.0. The Balaban J connectivity index is 1.78. The van der Waals surface area contributed by atoms with Gasteiger partial charge in [0.1, 0.15) is 0 Å². The molecule has 2 aromatic rings. The summed E-state index contributed by atoms with van der Waals surface area (Å²) in [6.45, 7) is 2.02. The second-order valence-corrected chi connectivity index (χ2v) is 6.90. The van der Waals surface area contributed by atoms with Crippen LogP contribution in [0.15, 0.2) is 60.7 Å². The van der Waals surface area contributed by atoms with Crippen molar-refractivity contribution in [3.63, 3.8) is 0 Å². The Kier molecular flexibility index (Phi) is 6.60. The van der Waals surface area contributed by atoms with Crippen molar-refractivity contribution in [3.05, 3.63) is 71.8 Å². The predicted molar refractivity (Wildman–Crippen MR) is 105 cm³/mol. The van der Waals surface area contributed by atoms with Crippen molar-refractivity contribution in [2.24, 2.45) is 5.92 Å². The van der Waals surface area contributed by atoms with Crippen LogP contribution < -0.4 is 5.32 Å². The summed E-state index contributed by atoms with van der Waals surface area (Å²) >= 11 is 0. The molecule has 1 fully saturated rings. The van der Waals surface area contributed by atoms with Gasteiger partial charge in [-0.1, -0.05) is 48.5 Å². The summed E-state index contributed by atoms with van der Waals surface area (Å²) in [5.74, 6) is -0.122. The number of hydrogen-bond acceptors (Lipinski definition) is 3. The fourth-order valence-corrected chi connectivity index (χ4v) is 3.61. The van der Waals surface area contributed by atoms with Crippen LogP contribution in [0.3, 0.4) is 0 Å². The van der Waals surface area contributed by atoms with E-state index in [0.29, 0.717) is 31.8 Å². The summed E-state index contributed by atoms with van der Waals surface area (Å²) in [4.78, 5) is 27.4. The van der Waals surface area contributed by atoms with Crippen LogP contribution in [-0.2, 0) is 9.53 Å². The van der Waals surface area contributed by atoms with Gasteiger partial charge in [0.05, 0.1) is 12.5 Å². The Hall–Kier alpha value is -2.66. The molecule has 0 radical (unpaired) electrons. The van der Waals surface area contributed by atoms with Crippen LogP contribution in [0.25, 0.3) is 0 Å². The van der Waals surface area contributed by atoms with Crippen LogP contribution in [0.5, 0.6) is 0 Å². The topological polar surface area (TPSA) is 58.6 Å². The van der Waals surface area contributed by atoms with Gasteiger partial charge in [0.2, 0.25) is 5.91 Å². The van der Waals surface area contributed by atoms with Gasteiger partial charge in [0.15, 0.2) is 0 Å². The molecular formula is C22H26N2O3. The van der Waals surface area contributed by atoms with E-state index in [1.807, 2.05) is 53.4 Å². The minimum atomic E-state index is -0.228. The second-order valence-electron chi connectivity index (χ2n) is 6.90. The first kappa shape index (κ1) is 19.1. The summed E-state index contributed by atoms with van der Waals surface area (Å²) in [6.07, 6.45) is 0.737. The van der Waals surface area contributed by atoms with Gasteiger partial charge in [0.25, 0.3) is 5.91 Å². The Morgan fingerprint density at radius 2 is 1.70 bits per heavy atom. The SMILES string of the molecule is COCCNC(=O)[C@H]1C[C@@H](c2ccccc2)CN(C(=O)c2ccccc2)C1. The summed E-state index contributed by atoms with van der Waals surface area (Å²) in [5.41, 5.74) is 1.82. The zero-order valence-corrected chi connectivity index (χ0v) is 15.6. The third-order valence-electron chi connectivity index (χ3n) is 5.01. The molecule has 0 aliphatic carbocycles. The summed E-state index contributed by atoms with van der Waals surface area (Å²) in [7, 11) is 1.61. The Morgan fingerprint density at radius 1 is 1.04 bits per heavy atom. The second kappa shape index (κ2) is 9.33. The maximum absolute atomic E-state index is 13.0. The highest BCUT2D eigenvalue weighted by molar-refractivity contribution is 5.94. The molecule has 142 valence electrons. The highest BCUT2D eigenvalue weighted by atomic mass is 16.5. The van der Waals surface area contributed by atoms with Crippen LogP contribution in [-0.4, -0.2) is 50.1 Å². The van der Waals surface area contributed by atoms with Crippen LogP contribution >= 0.6 is 0 Å². The minimum Gasteiger partial charge on any atom is -0.383 e. The number of benzene rings is 2. The number of carbonyl (C=O) groups excluding carboxylic acids is 2. The van der Waals surface area contributed by atoms with Gasteiger partial charge in [-0.25, -0.2) is 0 Å². The van der Waals surface area contributed by atoms with Gasteiger partial charge in [-0.2, -0.15) is 0 Å². The van der Waals surface area contributed by atoms with Gasteiger partial charge in [-0.05, 0) is 24.1 Å². The summed E-state index contributed by atoms with van der Waals surface area (Å²) in [5, 5.41) is 2.92. The van der Waals surface area contributed by atoms with Crippen LogP contribution in [0.2, 0.25) is 0 Å². The van der Waals surface area contributed by atoms with Gasteiger partial charge in [0, 0.05) is 38.2 Å². The molecule has 0 saturated carbocycles. The van der Waals surface area contributed by atoms with Gasteiger partial charge in [-0.3, -0.25) is 9.59 Å². The molecule has 5 nitrogen and oxygen atoms in total. The van der Waals surface area contributed by atoms with Crippen LogP contribution in [0, 0.1) is 5.92 Å². The molecule has 0 bridgehead atoms. The molecule has 1 aliphatic rings. The Bertz CT molecular complexity index is 749. The third kappa shape index (κ3) is 4.95. The largest absolute Gasteiger partial charge is 0.383 e. The average Bonchev–Trinajstić information content (AvgIpc) is 2.74.